The maximum atomic E-state index is 12.9. The summed E-state index contributed by atoms with van der Waals surface area (Å²) < 4.78 is 28.6. The van der Waals surface area contributed by atoms with E-state index in [9.17, 15) is 18.4 Å². The highest BCUT2D eigenvalue weighted by Gasteiger charge is 2.24. The van der Waals surface area contributed by atoms with E-state index in [1.807, 2.05) is 13.0 Å². The monoisotopic (exact) mass is 416 g/mol. The number of aromatic nitrogens is 4. The first-order chi connectivity index (χ1) is 14.3. The minimum atomic E-state index is -2.73. The Morgan fingerprint density at radius 1 is 1.13 bits per heavy atom. The first-order valence-corrected chi connectivity index (χ1v) is 9.39. The van der Waals surface area contributed by atoms with Gasteiger partial charge in [-0.1, -0.05) is 18.2 Å². The topological polar surface area (TPSA) is 93.8 Å². The third-order valence-corrected chi connectivity index (χ3v) is 4.50. The van der Waals surface area contributed by atoms with E-state index in [4.69, 9.17) is 0 Å². The first kappa shape index (κ1) is 21.2. The van der Waals surface area contributed by atoms with Crippen LogP contribution < -0.4 is 10.6 Å². The molecular formula is C20H22F2N6O2. The van der Waals surface area contributed by atoms with Crippen LogP contribution in [0.25, 0.3) is 0 Å². The van der Waals surface area contributed by atoms with Crippen molar-refractivity contribution in [1.82, 2.24) is 19.6 Å². The van der Waals surface area contributed by atoms with E-state index in [0.717, 1.165) is 0 Å². The van der Waals surface area contributed by atoms with Gasteiger partial charge in [0.1, 0.15) is 11.7 Å². The third kappa shape index (κ3) is 4.53. The van der Waals surface area contributed by atoms with Crippen molar-refractivity contribution in [2.45, 2.75) is 39.8 Å². The van der Waals surface area contributed by atoms with E-state index in [-0.39, 0.29) is 11.4 Å². The molecule has 0 fully saturated rings. The van der Waals surface area contributed by atoms with E-state index in [2.05, 4.69) is 20.8 Å². The van der Waals surface area contributed by atoms with Crippen LogP contribution in [0.3, 0.4) is 0 Å². The number of nitrogens with zero attached hydrogens (tertiary/aromatic N) is 4. The number of anilines is 2. The van der Waals surface area contributed by atoms with Gasteiger partial charge < -0.3 is 10.6 Å². The number of amides is 2. The van der Waals surface area contributed by atoms with Crippen molar-refractivity contribution in [2.75, 3.05) is 10.6 Å². The summed E-state index contributed by atoms with van der Waals surface area (Å²) >= 11 is 0. The molecule has 2 amide bonds. The molecule has 0 saturated heterocycles. The molecule has 0 saturated carbocycles. The van der Waals surface area contributed by atoms with Gasteiger partial charge >= 0.3 is 0 Å². The zero-order valence-corrected chi connectivity index (χ0v) is 16.8. The Labute approximate surface area is 171 Å². The number of para-hydroxylation sites is 1. The number of halogens is 2. The van der Waals surface area contributed by atoms with Crippen LogP contribution in [-0.4, -0.2) is 31.4 Å². The molecule has 1 aromatic carbocycles. The highest BCUT2D eigenvalue weighted by atomic mass is 19.3. The van der Waals surface area contributed by atoms with E-state index in [0.29, 0.717) is 17.9 Å². The predicted octanol–water partition coefficient (Wildman–Crippen LogP) is 3.80. The SMILES string of the molecule is CCn1cc(NC(=O)C(C)n2nc(C(F)F)cc2C)c(C(=O)Nc2ccccc2)n1. The number of benzene rings is 1. The van der Waals surface area contributed by atoms with Gasteiger partial charge in [0, 0.05) is 24.1 Å². The van der Waals surface area contributed by atoms with Crippen LogP contribution in [0, 0.1) is 6.92 Å². The zero-order chi connectivity index (χ0) is 21.8. The van der Waals surface area contributed by atoms with Crippen LogP contribution in [0.4, 0.5) is 20.2 Å². The van der Waals surface area contributed by atoms with Crippen molar-refractivity contribution in [3.05, 3.63) is 59.7 Å². The van der Waals surface area contributed by atoms with Gasteiger partial charge in [0.05, 0.1) is 5.69 Å². The fourth-order valence-electron chi connectivity index (χ4n) is 2.91. The second-order valence-corrected chi connectivity index (χ2v) is 6.69. The quantitative estimate of drug-likeness (QED) is 0.613. The average Bonchev–Trinajstić information content (AvgIpc) is 3.31. The number of aryl methyl sites for hydroxylation is 2. The van der Waals surface area contributed by atoms with Crippen LogP contribution in [0.2, 0.25) is 0 Å². The number of carbonyl (C=O) groups is 2. The molecule has 0 aliphatic carbocycles. The van der Waals surface area contributed by atoms with Crippen LogP contribution >= 0.6 is 0 Å². The summed E-state index contributed by atoms with van der Waals surface area (Å²) in [7, 11) is 0. The highest BCUT2D eigenvalue weighted by molar-refractivity contribution is 6.09. The van der Waals surface area contributed by atoms with Crippen molar-refractivity contribution in [1.29, 1.82) is 0 Å². The number of hydrogen-bond acceptors (Lipinski definition) is 4. The maximum Gasteiger partial charge on any atom is 0.282 e. The zero-order valence-electron chi connectivity index (χ0n) is 16.8. The second kappa shape index (κ2) is 8.85. The first-order valence-electron chi connectivity index (χ1n) is 9.39. The van der Waals surface area contributed by atoms with Crippen molar-refractivity contribution in [3.63, 3.8) is 0 Å². The lowest BCUT2D eigenvalue weighted by Crippen LogP contribution is -2.26. The molecule has 8 nitrogen and oxygen atoms in total. The summed E-state index contributed by atoms with van der Waals surface area (Å²) in [6, 6.07) is 9.22. The predicted molar refractivity (Wildman–Crippen MR) is 108 cm³/mol. The molecule has 0 aliphatic rings. The summed E-state index contributed by atoms with van der Waals surface area (Å²) in [5, 5.41) is 13.4. The minimum Gasteiger partial charge on any atom is -0.321 e. The van der Waals surface area contributed by atoms with Gasteiger partial charge in [-0.3, -0.25) is 19.0 Å². The molecule has 1 atom stereocenters. The van der Waals surface area contributed by atoms with Gasteiger partial charge in [-0.25, -0.2) is 8.78 Å². The molecular weight excluding hydrogens is 394 g/mol. The minimum absolute atomic E-state index is 0.0479. The molecule has 0 radical (unpaired) electrons. The lowest BCUT2D eigenvalue weighted by molar-refractivity contribution is -0.119. The summed E-state index contributed by atoms with van der Waals surface area (Å²) in [4.78, 5) is 25.4. The molecule has 1 unspecified atom stereocenters. The fraction of sp³-hybridized carbons (Fsp3) is 0.300. The fourth-order valence-corrected chi connectivity index (χ4v) is 2.91. The number of hydrogen-bond donors (Lipinski definition) is 2. The lowest BCUT2D eigenvalue weighted by Gasteiger charge is -2.14. The van der Waals surface area contributed by atoms with Crippen molar-refractivity contribution in [3.8, 4) is 0 Å². The maximum absolute atomic E-state index is 12.9. The Kier molecular flexibility index (Phi) is 6.24. The van der Waals surface area contributed by atoms with E-state index < -0.39 is 30.0 Å². The number of carbonyl (C=O) groups excluding carboxylic acids is 2. The molecule has 2 N–H and O–H groups in total. The molecule has 3 aromatic rings. The molecule has 2 aromatic heterocycles. The molecule has 10 heteroatoms. The molecule has 2 heterocycles. The molecule has 0 aliphatic heterocycles. The summed E-state index contributed by atoms with van der Waals surface area (Å²) in [6.07, 6.45) is -1.18. The van der Waals surface area contributed by atoms with E-state index >= 15 is 0 Å². The number of rotatable bonds is 7. The molecule has 0 spiro atoms. The van der Waals surface area contributed by atoms with Crippen molar-refractivity contribution >= 4 is 23.2 Å². The van der Waals surface area contributed by atoms with E-state index in [1.165, 1.54) is 15.4 Å². The normalized spacial score (nSPS) is 12.1. The Morgan fingerprint density at radius 3 is 2.43 bits per heavy atom. The van der Waals surface area contributed by atoms with Crippen LogP contribution in [0.15, 0.2) is 42.6 Å². The third-order valence-electron chi connectivity index (χ3n) is 4.50. The van der Waals surface area contributed by atoms with Crippen molar-refractivity contribution in [2.24, 2.45) is 0 Å². The molecule has 0 bridgehead atoms. The van der Waals surface area contributed by atoms with Gasteiger partial charge in [-0.05, 0) is 39.0 Å². The largest absolute Gasteiger partial charge is 0.321 e. The lowest BCUT2D eigenvalue weighted by atomic mass is 10.2. The summed E-state index contributed by atoms with van der Waals surface area (Å²) in [6.45, 7) is 5.47. The van der Waals surface area contributed by atoms with Gasteiger partial charge in [0.15, 0.2) is 5.69 Å². The number of nitrogens with one attached hydrogen (secondary N) is 2. The van der Waals surface area contributed by atoms with Crippen LogP contribution in [-0.2, 0) is 11.3 Å². The van der Waals surface area contributed by atoms with Gasteiger partial charge in [0.25, 0.3) is 12.3 Å². The Morgan fingerprint density at radius 2 is 1.83 bits per heavy atom. The van der Waals surface area contributed by atoms with Gasteiger partial charge in [-0.15, -0.1) is 0 Å². The Balaban J connectivity index is 1.81. The molecule has 158 valence electrons. The number of alkyl halides is 2. The standard InChI is InChI=1S/C20H22F2N6O2/c1-4-27-11-16(17(26-27)20(30)23-14-8-6-5-7-9-14)24-19(29)13(3)28-12(2)10-15(25-28)18(21)22/h5-11,13,18H,4H2,1-3H3,(H,23,30)(H,24,29). The van der Waals surface area contributed by atoms with Crippen molar-refractivity contribution < 1.29 is 18.4 Å². The van der Waals surface area contributed by atoms with Gasteiger partial charge in [-0.2, -0.15) is 10.2 Å². The average molecular weight is 416 g/mol. The molecule has 30 heavy (non-hydrogen) atoms. The summed E-state index contributed by atoms with van der Waals surface area (Å²) in [5.74, 6) is -0.988. The second-order valence-electron chi connectivity index (χ2n) is 6.69. The molecule has 3 rings (SSSR count). The Hall–Kier alpha value is -3.56. The Bertz CT molecular complexity index is 1050. The van der Waals surface area contributed by atoms with Crippen LogP contribution in [0.5, 0.6) is 0 Å². The summed E-state index contributed by atoms with van der Waals surface area (Å²) in [5.41, 5.74) is 0.895. The highest BCUT2D eigenvalue weighted by Crippen LogP contribution is 2.22. The van der Waals surface area contributed by atoms with Gasteiger partial charge in [0.2, 0.25) is 5.91 Å². The van der Waals surface area contributed by atoms with Crippen LogP contribution in [0.1, 0.15) is 48.2 Å². The van der Waals surface area contributed by atoms with E-state index in [1.54, 1.807) is 44.3 Å². The smallest absolute Gasteiger partial charge is 0.282 e.